The Kier molecular flexibility index (Phi) is 9.29. The van der Waals surface area contributed by atoms with Crippen molar-refractivity contribution in [2.24, 2.45) is 5.92 Å². The molecule has 0 N–H and O–H groups in total. The van der Waals surface area contributed by atoms with Crippen LogP contribution in [0.1, 0.15) is 63.0 Å². The molecule has 1 atom stereocenters. The average molecular weight is 422 g/mol. The number of ether oxygens (including phenoxy) is 1. The molecule has 0 aliphatic heterocycles. The van der Waals surface area contributed by atoms with E-state index in [4.69, 9.17) is 4.74 Å². The third-order valence-electron chi connectivity index (χ3n) is 6.17. The molecule has 3 rings (SSSR count). The number of hydrogen-bond acceptors (Lipinski definition) is 4. The molecule has 2 aromatic rings. The summed E-state index contributed by atoms with van der Waals surface area (Å²) in [6.45, 7) is 3.44. The zero-order valence-corrected chi connectivity index (χ0v) is 18.7. The smallest absolute Gasteiger partial charge is 0.313 e. The first kappa shape index (κ1) is 23.2. The van der Waals surface area contributed by atoms with Crippen LogP contribution in [0.4, 0.5) is 0 Å². The van der Waals surface area contributed by atoms with E-state index in [0.717, 1.165) is 6.42 Å². The van der Waals surface area contributed by atoms with E-state index in [9.17, 15) is 9.59 Å². The van der Waals surface area contributed by atoms with Crippen LogP contribution < -0.4 is 0 Å². The molecule has 31 heavy (non-hydrogen) atoms. The second-order valence-corrected chi connectivity index (χ2v) is 8.58. The first-order valence-electron chi connectivity index (χ1n) is 11.7. The molecule has 0 amide bonds. The predicted molar refractivity (Wildman–Crippen MR) is 123 cm³/mol. The molecule has 0 aromatic heterocycles. The normalized spacial score (nSPS) is 15.5. The molecule has 0 bridgehead atoms. The number of hydrogen-bond donors (Lipinski definition) is 0. The minimum absolute atomic E-state index is 0.0177. The van der Waals surface area contributed by atoms with E-state index in [1.165, 1.54) is 43.2 Å². The van der Waals surface area contributed by atoms with Crippen LogP contribution in [0.2, 0.25) is 0 Å². The Bertz CT molecular complexity index is 758. The first-order valence-corrected chi connectivity index (χ1v) is 11.7. The molecule has 1 aliphatic rings. The summed E-state index contributed by atoms with van der Waals surface area (Å²) in [5.74, 6) is 0.107. The fraction of sp³-hybridized carbons (Fsp3) is 0.481. The van der Waals surface area contributed by atoms with Gasteiger partial charge in [0.2, 0.25) is 0 Å². The Morgan fingerprint density at radius 3 is 1.97 bits per heavy atom. The number of ketones is 1. The zero-order chi connectivity index (χ0) is 21.9. The molecular formula is C27H35NO3. The predicted octanol–water partition coefficient (Wildman–Crippen LogP) is 5.55. The Hall–Kier alpha value is -2.46. The molecule has 0 saturated heterocycles. The van der Waals surface area contributed by atoms with Crippen LogP contribution in [0.3, 0.4) is 0 Å². The average Bonchev–Trinajstić information content (AvgIpc) is 2.79. The number of Topliss-reactive ketones (excluding diaryl/α,β-unsaturated/α-hetero) is 1. The maximum absolute atomic E-state index is 13.4. The SMILES string of the molecule is CCOC(=O)CC(=O)[C@H](CC1CCCCC1)N(Cc1ccccc1)Cc1ccccc1. The molecule has 4 heteroatoms. The van der Waals surface area contributed by atoms with E-state index < -0.39 is 5.97 Å². The summed E-state index contributed by atoms with van der Waals surface area (Å²) >= 11 is 0. The quantitative estimate of drug-likeness (QED) is 0.352. The van der Waals surface area contributed by atoms with Crippen molar-refractivity contribution in [3.63, 3.8) is 0 Å². The van der Waals surface area contributed by atoms with E-state index in [2.05, 4.69) is 29.2 Å². The highest BCUT2D eigenvalue weighted by atomic mass is 16.5. The first-order chi connectivity index (χ1) is 15.2. The number of esters is 1. The molecule has 0 heterocycles. The van der Waals surface area contributed by atoms with E-state index in [0.29, 0.717) is 25.6 Å². The fourth-order valence-corrected chi connectivity index (χ4v) is 4.61. The third-order valence-corrected chi connectivity index (χ3v) is 6.17. The van der Waals surface area contributed by atoms with Gasteiger partial charge in [0.1, 0.15) is 6.42 Å². The molecule has 166 valence electrons. The molecule has 2 aromatic carbocycles. The van der Waals surface area contributed by atoms with Crippen LogP contribution >= 0.6 is 0 Å². The highest BCUT2D eigenvalue weighted by Crippen LogP contribution is 2.30. The molecule has 4 nitrogen and oxygen atoms in total. The largest absolute Gasteiger partial charge is 0.466 e. The van der Waals surface area contributed by atoms with Crippen molar-refractivity contribution >= 4 is 11.8 Å². The number of carbonyl (C=O) groups excluding carboxylic acids is 2. The highest BCUT2D eigenvalue weighted by molar-refractivity contribution is 5.98. The minimum atomic E-state index is -0.416. The maximum Gasteiger partial charge on any atom is 0.313 e. The Morgan fingerprint density at radius 1 is 0.903 bits per heavy atom. The second kappa shape index (κ2) is 12.4. The summed E-state index contributed by atoms with van der Waals surface area (Å²) in [6, 6.07) is 20.3. The monoisotopic (exact) mass is 421 g/mol. The van der Waals surface area contributed by atoms with Gasteiger partial charge < -0.3 is 4.74 Å². The van der Waals surface area contributed by atoms with Crippen molar-refractivity contribution in [1.82, 2.24) is 4.90 Å². The van der Waals surface area contributed by atoms with Crippen LogP contribution in [0.25, 0.3) is 0 Å². The molecule has 1 aliphatic carbocycles. The molecule has 0 radical (unpaired) electrons. The molecule has 1 fully saturated rings. The van der Waals surface area contributed by atoms with Gasteiger partial charge >= 0.3 is 5.97 Å². The third kappa shape index (κ3) is 7.62. The van der Waals surface area contributed by atoms with Crippen LogP contribution in [-0.2, 0) is 27.4 Å². The van der Waals surface area contributed by atoms with E-state index in [1.807, 2.05) is 36.4 Å². The van der Waals surface area contributed by atoms with Crippen molar-refractivity contribution < 1.29 is 14.3 Å². The van der Waals surface area contributed by atoms with Gasteiger partial charge in [0.25, 0.3) is 0 Å². The summed E-state index contributed by atoms with van der Waals surface area (Å²) in [7, 11) is 0. The topological polar surface area (TPSA) is 46.6 Å². The molecule has 1 saturated carbocycles. The lowest BCUT2D eigenvalue weighted by Crippen LogP contribution is -2.42. The second-order valence-electron chi connectivity index (χ2n) is 8.58. The van der Waals surface area contributed by atoms with Crippen molar-refractivity contribution in [2.75, 3.05) is 6.61 Å². The van der Waals surface area contributed by atoms with Gasteiger partial charge in [-0.1, -0.05) is 92.8 Å². The van der Waals surface area contributed by atoms with Gasteiger partial charge in [-0.25, -0.2) is 0 Å². The Labute approximate surface area is 186 Å². The van der Waals surface area contributed by atoms with Gasteiger partial charge in [0.05, 0.1) is 12.6 Å². The van der Waals surface area contributed by atoms with E-state index in [-0.39, 0.29) is 18.2 Å². The fourth-order valence-electron chi connectivity index (χ4n) is 4.61. The number of rotatable bonds is 11. The summed E-state index contributed by atoms with van der Waals surface area (Å²) in [5.41, 5.74) is 2.35. The van der Waals surface area contributed by atoms with Crippen molar-refractivity contribution in [1.29, 1.82) is 0 Å². The summed E-state index contributed by atoms with van der Waals surface area (Å²) in [6.07, 6.45) is 6.78. The van der Waals surface area contributed by atoms with Crippen molar-refractivity contribution in [3.8, 4) is 0 Å². The standard InChI is InChI=1S/C27H35NO3/c1-2-31-27(30)19-26(29)25(18-22-12-6-3-7-13-22)28(20-23-14-8-4-9-15-23)21-24-16-10-5-11-17-24/h4-5,8-11,14-17,22,25H,2-3,6-7,12-13,18-21H2,1H3/t25-/m0/s1. The number of benzene rings is 2. The van der Waals surface area contributed by atoms with Crippen LogP contribution in [0.5, 0.6) is 0 Å². The van der Waals surface area contributed by atoms with E-state index >= 15 is 0 Å². The van der Waals surface area contributed by atoms with E-state index in [1.54, 1.807) is 6.92 Å². The van der Waals surface area contributed by atoms with Crippen molar-refractivity contribution in [2.45, 2.75) is 71.0 Å². The lowest BCUT2D eigenvalue weighted by molar-refractivity contribution is -0.146. The molecular weight excluding hydrogens is 386 g/mol. The van der Waals surface area contributed by atoms with Gasteiger partial charge in [0, 0.05) is 13.1 Å². The maximum atomic E-state index is 13.4. The van der Waals surface area contributed by atoms with Crippen LogP contribution in [0.15, 0.2) is 60.7 Å². The molecule has 0 unspecified atom stereocenters. The summed E-state index contributed by atoms with van der Waals surface area (Å²) < 4.78 is 5.09. The van der Waals surface area contributed by atoms with Gasteiger partial charge in [-0.05, 0) is 30.4 Å². The van der Waals surface area contributed by atoms with Gasteiger partial charge in [-0.3, -0.25) is 14.5 Å². The Balaban J connectivity index is 1.85. The lowest BCUT2D eigenvalue weighted by atomic mass is 9.83. The summed E-state index contributed by atoms with van der Waals surface area (Å²) in [5, 5.41) is 0. The van der Waals surface area contributed by atoms with Gasteiger partial charge in [0.15, 0.2) is 5.78 Å². The number of nitrogens with zero attached hydrogens (tertiary/aromatic N) is 1. The zero-order valence-electron chi connectivity index (χ0n) is 18.7. The highest BCUT2D eigenvalue weighted by Gasteiger charge is 2.31. The van der Waals surface area contributed by atoms with Gasteiger partial charge in [-0.2, -0.15) is 0 Å². The Morgan fingerprint density at radius 2 is 1.45 bits per heavy atom. The minimum Gasteiger partial charge on any atom is -0.466 e. The summed E-state index contributed by atoms with van der Waals surface area (Å²) in [4.78, 5) is 27.8. The lowest BCUT2D eigenvalue weighted by Gasteiger charge is -2.34. The van der Waals surface area contributed by atoms with Crippen molar-refractivity contribution in [3.05, 3.63) is 71.8 Å². The van der Waals surface area contributed by atoms with Crippen LogP contribution in [0, 0.1) is 5.92 Å². The number of carbonyl (C=O) groups is 2. The van der Waals surface area contributed by atoms with Gasteiger partial charge in [-0.15, -0.1) is 0 Å². The van der Waals surface area contributed by atoms with Crippen LogP contribution in [-0.4, -0.2) is 29.3 Å². The molecule has 0 spiro atoms.